The lowest BCUT2D eigenvalue weighted by atomic mass is 10.0. The Morgan fingerprint density at radius 2 is 2.00 bits per heavy atom. The van der Waals surface area contributed by atoms with E-state index in [4.69, 9.17) is 9.84 Å². The quantitative estimate of drug-likeness (QED) is 0.658. The maximum absolute atomic E-state index is 11.6. The van der Waals surface area contributed by atoms with Gasteiger partial charge in [0, 0.05) is 6.54 Å². The fourth-order valence-electron chi connectivity index (χ4n) is 1.97. The van der Waals surface area contributed by atoms with E-state index in [9.17, 15) is 9.59 Å². The van der Waals surface area contributed by atoms with E-state index in [2.05, 4.69) is 24.5 Å². The minimum absolute atomic E-state index is 0.160. The first-order valence-electron chi connectivity index (χ1n) is 6.43. The molecule has 0 spiro atoms. The van der Waals surface area contributed by atoms with Crippen molar-refractivity contribution in [2.24, 2.45) is 11.8 Å². The number of carbonyl (C=O) groups excluding carboxylic acids is 1. The Morgan fingerprint density at radius 1 is 1.33 bits per heavy atom. The van der Waals surface area contributed by atoms with E-state index in [-0.39, 0.29) is 19.2 Å². The number of nitrogens with one attached hydrogen (secondary N) is 2. The molecule has 1 aliphatic rings. The molecular weight excluding hydrogens is 236 g/mol. The minimum atomic E-state index is -0.933. The van der Waals surface area contributed by atoms with Crippen LogP contribution in [0.2, 0.25) is 0 Å². The molecule has 6 nitrogen and oxygen atoms in total. The van der Waals surface area contributed by atoms with Crippen molar-refractivity contribution in [2.45, 2.75) is 32.7 Å². The maximum atomic E-state index is 11.6. The van der Waals surface area contributed by atoms with Crippen LogP contribution < -0.4 is 10.6 Å². The van der Waals surface area contributed by atoms with E-state index in [1.807, 2.05) is 0 Å². The summed E-state index contributed by atoms with van der Waals surface area (Å²) in [6.07, 6.45) is 2.03. The topological polar surface area (TPSA) is 87.7 Å². The third-order valence-corrected chi connectivity index (χ3v) is 3.42. The van der Waals surface area contributed by atoms with Crippen molar-refractivity contribution >= 4 is 12.0 Å². The molecule has 1 aliphatic heterocycles. The zero-order chi connectivity index (χ0) is 13.5. The Labute approximate surface area is 107 Å². The summed E-state index contributed by atoms with van der Waals surface area (Å²) in [4.78, 5) is 22.5. The molecule has 2 unspecified atom stereocenters. The molecule has 104 valence electrons. The van der Waals surface area contributed by atoms with E-state index in [0.29, 0.717) is 12.5 Å². The number of amides is 2. The summed E-state index contributed by atoms with van der Waals surface area (Å²) in [6.45, 7) is 5.20. The van der Waals surface area contributed by atoms with Crippen LogP contribution in [0.1, 0.15) is 26.7 Å². The van der Waals surface area contributed by atoms with Gasteiger partial charge >= 0.3 is 12.0 Å². The highest BCUT2D eigenvalue weighted by atomic mass is 16.5. The number of hydrogen-bond acceptors (Lipinski definition) is 3. The zero-order valence-electron chi connectivity index (χ0n) is 10.9. The van der Waals surface area contributed by atoms with Gasteiger partial charge < -0.3 is 20.5 Å². The molecule has 0 aromatic rings. The predicted molar refractivity (Wildman–Crippen MR) is 66.3 cm³/mol. The van der Waals surface area contributed by atoms with Gasteiger partial charge in [-0.05, 0) is 5.92 Å². The van der Waals surface area contributed by atoms with Crippen LogP contribution in [0.4, 0.5) is 4.79 Å². The molecule has 3 N–H and O–H groups in total. The van der Waals surface area contributed by atoms with Crippen molar-refractivity contribution in [3.8, 4) is 0 Å². The summed E-state index contributed by atoms with van der Waals surface area (Å²) in [7, 11) is 0. The molecule has 0 aromatic carbocycles. The third-order valence-electron chi connectivity index (χ3n) is 3.42. The molecule has 18 heavy (non-hydrogen) atoms. The van der Waals surface area contributed by atoms with Crippen LogP contribution in [0, 0.1) is 11.8 Å². The van der Waals surface area contributed by atoms with Gasteiger partial charge in [-0.2, -0.15) is 0 Å². The smallest absolute Gasteiger partial charge is 0.315 e. The van der Waals surface area contributed by atoms with E-state index in [1.54, 1.807) is 0 Å². The first-order valence-corrected chi connectivity index (χ1v) is 6.43. The van der Waals surface area contributed by atoms with Crippen LogP contribution in [0.25, 0.3) is 0 Å². The highest BCUT2D eigenvalue weighted by Gasteiger charge is 2.35. The van der Waals surface area contributed by atoms with Crippen LogP contribution in [0.15, 0.2) is 0 Å². The maximum Gasteiger partial charge on any atom is 0.315 e. The van der Waals surface area contributed by atoms with Crippen molar-refractivity contribution in [1.82, 2.24) is 10.6 Å². The lowest BCUT2D eigenvalue weighted by molar-refractivity contribution is -0.142. The molecule has 1 rings (SSSR count). The molecular formula is C12H22N2O4. The normalized spacial score (nSPS) is 23.1. The SMILES string of the molecule is CCC(CC)CNC(=O)NC1COCC1C(=O)O. The van der Waals surface area contributed by atoms with Gasteiger partial charge in [-0.15, -0.1) is 0 Å². The summed E-state index contributed by atoms with van der Waals surface area (Å²) in [6, 6.07) is -0.757. The molecule has 0 bridgehead atoms. The second kappa shape index (κ2) is 7.20. The lowest BCUT2D eigenvalue weighted by Gasteiger charge is -2.18. The highest BCUT2D eigenvalue weighted by Crippen LogP contribution is 2.13. The molecule has 1 fully saturated rings. The number of hydrogen-bond donors (Lipinski definition) is 3. The van der Waals surface area contributed by atoms with Gasteiger partial charge in [0.15, 0.2) is 0 Å². The lowest BCUT2D eigenvalue weighted by Crippen LogP contribution is -2.48. The van der Waals surface area contributed by atoms with E-state index >= 15 is 0 Å². The van der Waals surface area contributed by atoms with Crippen molar-refractivity contribution in [2.75, 3.05) is 19.8 Å². The van der Waals surface area contributed by atoms with Crippen LogP contribution in [0.3, 0.4) is 0 Å². The van der Waals surface area contributed by atoms with E-state index in [0.717, 1.165) is 12.8 Å². The number of carboxylic acid groups (broad SMARTS) is 1. The summed E-state index contributed by atoms with van der Waals surface area (Å²) in [5.41, 5.74) is 0. The zero-order valence-corrected chi connectivity index (χ0v) is 10.9. The fraction of sp³-hybridized carbons (Fsp3) is 0.833. The largest absolute Gasteiger partial charge is 0.481 e. The summed E-state index contributed by atoms with van der Waals surface area (Å²) < 4.78 is 5.08. The number of ether oxygens (including phenoxy) is 1. The van der Waals surface area contributed by atoms with Crippen LogP contribution in [-0.2, 0) is 9.53 Å². The van der Waals surface area contributed by atoms with Crippen LogP contribution >= 0.6 is 0 Å². The minimum Gasteiger partial charge on any atom is -0.481 e. The van der Waals surface area contributed by atoms with E-state index in [1.165, 1.54) is 0 Å². The first-order chi connectivity index (χ1) is 8.58. The average Bonchev–Trinajstić information content (AvgIpc) is 2.78. The Kier molecular flexibility index (Phi) is 5.91. The fourth-order valence-corrected chi connectivity index (χ4v) is 1.97. The molecule has 0 radical (unpaired) electrons. The number of urea groups is 1. The standard InChI is InChI=1S/C12H22N2O4/c1-3-8(4-2)5-13-12(17)14-10-7-18-6-9(10)11(15)16/h8-10H,3-7H2,1-2H3,(H,15,16)(H2,13,14,17). The van der Waals surface area contributed by atoms with Gasteiger partial charge in [0.1, 0.15) is 5.92 Å². The Hall–Kier alpha value is -1.30. The molecule has 2 atom stereocenters. The van der Waals surface area contributed by atoms with Crippen molar-refractivity contribution in [1.29, 1.82) is 0 Å². The second-order valence-electron chi connectivity index (χ2n) is 4.63. The first kappa shape index (κ1) is 14.8. The Morgan fingerprint density at radius 3 is 2.56 bits per heavy atom. The van der Waals surface area contributed by atoms with Gasteiger partial charge in [-0.25, -0.2) is 4.79 Å². The van der Waals surface area contributed by atoms with Crippen LogP contribution in [0.5, 0.6) is 0 Å². The second-order valence-corrected chi connectivity index (χ2v) is 4.63. The molecule has 0 aromatic heterocycles. The molecule has 1 saturated heterocycles. The van der Waals surface area contributed by atoms with Gasteiger partial charge in [-0.3, -0.25) is 4.79 Å². The number of aliphatic carboxylic acids is 1. The Balaban J connectivity index is 2.33. The van der Waals surface area contributed by atoms with Crippen molar-refractivity contribution in [3.63, 3.8) is 0 Å². The number of carboxylic acids is 1. The monoisotopic (exact) mass is 258 g/mol. The van der Waals surface area contributed by atoms with Gasteiger partial charge in [0.2, 0.25) is 0 Å². The molecule has 6 heteroatoms. The average molecular weight is 258 g/mol. The predicted octanol–water partition coefficient (Wildman–Crippen LogP) is 0.821. The number of carbonyl (C=O) groups is 2. The number of rotatable bonds is 6. The summed E-state index contributed by atoms with van der Waals surface area (Å²) in [5, 5.41) is 14.4. The molecule has 0 saturated carbocycles. The van der Waals surface area contributed by atoms with E-state index < -0.39 is 17.9 Å². The molecule has 0 aliphatic carbocycles. The van der Waals surface area contributed by atoms with Crippen molar-refractivity contribution < 1.29 is 19.4 Å². The van der Waals surface area contributed by atoms with Crippen LogP contribution in [-0.4, -0.2) is 42.9 Å². The van der Waals surface area contributed by atoms with Gasteiger partial charge in [0.25, 0.3) is 0 Å². The van der Waals surface area contributed by atoms with Crippen molar-refractivity contribution in [3.05, 3.63) is 0 Å². The summed E-state index contributed by atoms with van der Waals surface area (Å²) >= 11 is 0. The molecule has 1 heterocycles. The Bertz CT molecular complexity index is 292. The summed E-state index contributed by atoms with van der Waals surface area (Å²) in [5.74, 6) is -1.12. The molecule has 2 amide bonds. The third kappa shape index (κ3) is 4.18. The van der Waals surface area contributed by atoms with Gasteiger partial charge in [0.05, 0.1) is 19.3 Å². The van der Waals surface area contributed by atoms with Gasteiger partial charge in [-0.1, -0.05) is 26.7 Å². The highest BCUT2D eigenvalue weighted by molar-refractivity contribution is 5.77.